The maximum Gasteiger partial charge on any atom is 0.335 e. The third-order valence-electron chi connectivity index (χ3n) is 2.40. The molecule has 5 heteroatoms. The molecule has 1 unspecified atom stereocenters. The Labute approximate surface area is 99.9 Å². The number of hydrogen-bond donors (Lipinski definition) is 1. The lowest BCUT2D eigenvalue weighted by Gasteiger charge is -2.15. The van der Waals surface area contributed by atoms with E-state index >= 15 is 0 Å². The standard InChI is InChI=1S/C12H16O5/c1-15-10-5-4-6-11(16-2)8(10)7-9(13)12(14)17-3/h4-6,9,13H,7H2,1-3H3. The highest BCUT2D eigenvalue weighted by Crippen LogP contribution is 2.29. The van der Waals surface area contributed by atoms with E-state index in [0.717, 1.165) is 0 Å². The zero-order valence-corrected chi connectivity index (χ0v) is 10.1. The number of aliphatic hydroxyl groups is 1. The molecule has 0 aliphatic rings. The molecule has 0 aliphatic carbocycles. The molecule has 5 nitrogen and oxygen atoms in total. The zero-order valence-electron chi connectivity index (χ0n) is 10.1. The van der Waals surface area contributed by atoms with Crippen LogP contribution in [0, 0.1) is 0 Å². The molecule has 1 atom stereocenters. The smallest absolute Gasteiger partial charge is 0.335 e. The Kier molecular flexibility index (Phi) is 4.78. The van der Waals surface area contributed by atoms with Crippen molar-refractivity contribution >= 4 is 5.97 Å². The molecule has 0 aliphatic heterocycles. The molecule has 1 aromatic carbocycles. The van der Waals surface area contributed by atoms with Gasteiger partial charge >= 0.3 is 5.97 Å². The first-order valence-electron chi connectivity index (χ1n) is 5.09. The Bertz CT molecular complexity index is 366. The lowest BCUT2D eigenvalue weighted by atomic mass is 10.1. The fourth-order valence-corrected chi connectivity index (χ4v) is 1.54. The van der Waals surface area contributed by atoms with Gasteiger partial charge in [0.15, 0.2) is 6.10 Å². The number of carbonyl (C=O) groups is 1. The molecule has 0 bridgehead atoms. The van der Waals surface area contributed by atoms with Crippen molar-refractivity contribution in [2.45, 2.75) is 12.5 Å². The van der Waals surface area contributed by atoms with Gasteiger partial charge in [-0.15, -0.1) is 0 Å². The van der Waals surface area contributed by atoms with Crippen LogP contribution in [0.4, 0.5) is 0 Å². The molecular weight excluding hydrogens is 224 g/mol. The summed E-state index contributed by atoms with van der Waals surface area (Å²) in [6.45, 7) is 0. The molecule has 94 valence electrons. The lowest BCUT2D eigenvalue weighted by molar-refractivity contribution is -0.150. The summed E-state index contributed by atoms with van der Waals surface area (Å²) in [5, 5.41) is 9.63. The van der Waals surface area contributed by atoms with E-state index in [-0.39, 0.29) is 6.42 Å². The van der Waals surface area contributed by atoms with Gasteiger partial charge in [0.2, 0.25) is 0 Å². The molecule has 0 fully saturated rings. The summed E-state index contributed by atoms with van der Waals surface area (Å²) in [5.41, 5.74) is 0.635. The summed E-state index contributed by atoms with van der Waals surface area (Å²) in [5.74, 6) is 0.442. The Hall–Kier alpha value is -1.75. The largest absolute Gasteiger partial charge is 0.496 e. The number of aliphatic hydroxyl groups excluding tert-OH is 1. The number of ether oxygens (including phenoxy) is 3. The fourth-order valence-electron chi connectivity index (χ4n) is 1.54. The number of carbonyl (C=O) groups excluding carboxylic acids is 1. The third-order valence-corrected chi connectivity index (χ3v) is 2.40. The first-order valence-corrected chi connectivity index (χ1v) is 5.09. The van der Waals surface area contributed by atoms with E-state index in [0.29, 0.717) is 17.1 Å². The quantitative estimate of drug-likeness (QED) is 0.770. The van der Waals surface area contributed by atoms with Gasteiger partial charge in [-0.05, 0) is 12.1 Å². The van der Waals surface area contributed by atoms with E-state index in [1.165, 1.54) is 21.3 Å². The molecule has 1 aromatic rings. The van der Waals surface area contributed by atoms with Gasteiger partial charge in [0.25, 0.3) is 0 Å². The van der Waals surface area contributed by atoms with Gasteiger partial charge in [0, 0.05) is 12.0 Å². The van der Waals surface area contributed by atoms with Crippen molar-refractivity contribution in [3.05, 3.63) is 23.8 Å². The Balaban J connectivity index is 2.99. The van der Waals surface area contributed by atoms with E-state index < -0.39 is 12.1 Å². The minimum absolute atomic E-state index is 0.0832. The lowest BCUT2D eigenvalue weighted by Crippen LogP contribution is -2.24. The monoisotopic (exact) mass is 240 g/mol. The molecule has 0 radical (unpaired) electrons. The zero-order chi connectivity index (χ0) is 12.8. The minimum atomic E-state index is -1.23. The number of methoxy groups -OCH3 is 3. The molecule has 17 heavy (non-hydrogen) atoms. The Morgan fingerprint density at radius 1 is 1.24 bits per heavy atom. The summed E-state index contributed by atoms with van der Waals surface area (Å²) < 4.78 is 14.8. The van der Waals surface area contributed by atoms with Crippen LogP contribution in [0.25, 0.3) is 0 Å². The third kappa shape index (κ3) is 3.10. The molecular formula is C12H16O5. The highest BCUT2D eigenvalue weighted by Gasteiger charge is 2.20. The molecule has 1 rings (SSSR count). The van der Waals surface area contributed by atoms with Crippen molar-refractivity contribution in [3.63, 3.8) is 0 Å². The molecule has 0 heterocycles. The van der Waals surface area contributed by atoms with Gasteiger partial charge in [0.1, 0.15) is 11.5 Å². The maximum atomic E-state index is 11.2. The van der Waals surface area contributed by atoms with Crippen molar-refractivity contribution in [2.75, 3.05) is 21.3 Å². The predicted molar refractivity (Wildman–Crippen MR) is 61.3 cm³/mol. The van der Waals surface area contributed by atoms with Crippen LogP contribution in [0.5, 0.6) is 11.5 Å². The highest BCUT2D eigenvalue weighted by molar-refractivity contribution is 5.75. The van der Waals surface area contributed by atoms with Crippen molar-refractivity contribution in [1.82, 2.24) is 0 Å². The van der Waals surface area contributed by atoms with Crippen molar-refractivity contribution in [1.29, 1.82) is 0 Å². The van der Waals surface area contributed by atoms with Crippen molar-refractivity contribution < 1.29 is 24.1 Å². The van der Waals surface area contributed by atoms with Gasteiger partial charge in [-0.25, -0.2) is 4.79 Å². The van der Waals surface area contributed by atoms with Gasteiger partial charge in [-0.3, -0.25) is 0 Å². The predicted octanol–water partition coefficient (Wildman–Crippen LogP) is 0.780. The van der Waals surface area contributed by atoms with Crippen LogP contribution in [-0.4, -0.2) is 38.5 Å². The second-order valence-corrected chi connectivity index (χ2v) is 3.38. The Morgan fingerprint density at radius 2 is 1.76 bits per heavy atom. The molecule has 0 spiro atoms. The second kappa shape index (κ2) is 6.10. The van der Waals surface area contributed by atoms with Gasteiger partial charge in [0.05, 0.1) is 21.3 Å². The van der Waals surface area contributed by atoms with E-state index in [1.54, 1.807) is 18.2 Å². The molecule has 0 amide bonds. The average Bonchev–Trinajstić information content (AvgIpc) is 2.37. The first kappa shape index (κ1) is 13.3. The molecule has 0 aromatic heterocycles. The molecule has 1 N–H and O–H groups in total. The summed E-state index contributed by atoms with van der Waals surface area (Å²) in [6, 6.07) is 5.25. The van der Waals surface area contributed by atoms with E-state index in [9.17, 15) is 9.90 Å². The van der Waals surface area contributed by atoms with E-state index in [1.807, 2.05) is 0 Å². The van der Waals surface area contributed by atoms with Crippen LogP contribution in [0.2, 0.25) is 0 Å². The minimum Gasteiger partial charge on any atom is -0.496 e. The number of rotatable bonds is 5. The van der Waals surface area contributed by atoms with Crippen LogP contribution in [0.1, 0.15) is 5.56 Å². The number of esters is 1. The number of benzene rings is 1. The topological polar surface area (TPSA) is 65.0 Å². The van der Waals surface area contributed by atoms with Crippen LogP contribution in [-0.2, 0) is 16.0 Å². The Morgan fingerprint density at radius 3 is 2.18 bits per heavy atom. The number of hydrogen-bond acceptors (Lipinski definition) is 5. The molecule has 0 saturated heterocycles. The van der Waals surface area contributed by atoms with Crippen LogP contribution in [0.3, 0.4) is 0 Å². The SMILES string of the molecule is COC(=O)C(O)Cc1c(OC)cccc1OC. The second-order valence-electron chi connectivity index (χ2n) is 3.38. The normalized spacial score (nSPS) is 11.8. The first-order chi connectivity index (χ1) is 8.13. The van der Waals surface area contributed by atoms with E-state index in [4.69, 9.17) is 9.47 Å². The van der Waals surface area contributed by atoms with Gasteiger partial charge in [-0.2, -0.15) is 0 Å². The summed E-state index contributed by atoms with van der Waals surface area (Å²) in [6.07, 6.45) is -1.15. The summed E-state index contributed by atoms with van der Waals surface area (Å²) in [4.78, 5) is 11.2. The summed E-state index contributed by atoms with van der Waals surface area (Å²) >= 11 is 0. The van der Waals surface area contributed by atoms with Crippen LogP contribution >= 0.6 is 0 Å². The van der Waals surface area contributed by atoms with Gasteiger partial charge < -0.3 is 19.3 Å². The highest BCUT2D eigenvalue weighted by atomic mass is 16.5. The summed E-state index contributed by atoms with van der Waals surface area (Å²) in [7, 11) is 4.26. The maximum absolute atomic E-state index is 11.2. The van der Waals surface area contributed by atoms with Crippen molar-refractivity contribution in [2.24, 2.45) is 0 Å². The fraction of sp³-hybridized carbons (Fsp3) is 0.417. The molecule has 0 saturated carbocycles. The average molecular weight is 240 g/mol. The van der Waals surface area contributed by atoms with Gasteiger partial charge in [-0.1, -0.05) is 6.07 Å². The van der Waals surface area contributed by atoms with Crippen LogP contribution in [0.15, 0.2) is 18.2 Å². The van der Waals surface area contributed by atoms with E-state index in [2.05, 4.69) is 4.74 Å². The van der Waals surface area contributed by atoms with Crippen molar-refractivity contribution in [3.8, 4) is 11.5 Å². The van der Waals surface area contributed by atoms with Crippen LogP contribution < -0.4 is 9.47 Å².